The first-order valence-corrected chi connectivity index (χ1v) is 9.03. The largest absolute Gasteiger partial charge is 1.00 e. The molecule has 1 N–H and O–H groups in total. The van der Waals surface area contributed by atoms with E-state index in [1.54, 1.807) is 31.9 Å². The van der Waals surface area contributed by atoms with Crippen molar-refractivity contribution in [1.29, 1.82) is 0 Å². The Morgan fingerprint density at radius 2 is 1.74 bits per heavy atom. The molecular formula is C20H20BrClN3O2-. The zero-order chi connectivity index (χ0) is 18.2. The summed E-state index contributed by atoms with van der Waals surface area (Å²) < 4.78 is 12.3. The monoisotopic (exact) mass is 448 g/mol. The third-order valence-electron chi connectivity index (χ3n) is 3.80. The second kappa shape index (κ2) is 10.9. The van der Waals surface area contributed by atoms with Gasteiger partial charge in [0.25, 0.3) is 0 Å². The van der Waals surface area contributed by atoms with Crippen LogP contribution in [0, 0.1) is 0 Å². The molecule has 3 rings (SSSR count). The van der Waals surface area contributed by atoms with Crippen LogP contribution in [0.4, 0.5) is 0 Å². The Labute approximate surface area is 173 Å². The summed E-state index contributed by atoms with van der Waals surface area (Å²) in [7, 11) is 1.65. The Balaban J connectivity index is 0.00000261. The molecule has 0 radical (unpaired) electrons. The van der Waals surface area contributed by atoms with E-state index in [2.05, 4.69) is 31.2 Å². The Bertz CT molecular complexity index is 835. The predicted octanol–water partition coefficient (Wildman–Crippen LogP) is 1.12. The van der Waals surface area contributed by atoms with Gasteiger partial charge in [-0.15, -0.1) is 0 Å². The number of hydrogen-bond donors (Lipinski definition) is 1. The lowest BCUT2D eigenvalue weighted by Gasteiger charge is -2.15. The van der Waals surface area contributed by atoms with Gasteiger partial charge in [-0.3, -0.25) is 9.97 Å². The number of ether oxygens (including phenoxy) is 2. The molecule has 142 valence electrons. The highest BCUT2D eigenvalue weighted by Crippen LogP contribution is 2.37. The van der Waals surface area contributed by atoms with Gasteiger partial charge in [0.15, 0.2) is 11.5 Å². The quantitative estimate of drug-likeness (QED) is 0.559. The number of nitrogens with one attached hydrogen (secondary N) is 1. The van der Waals surface area contributed by atoms with Crippen LogP contribution in [0.2, 0.25) is 0 Å². The lowest BCUT2D eigenvalue weighted by Crippen LogP contribution is -3.00. The van der Waals surface area contributed by atoms with Crippen LogP contribution in [0.1, 0.15) is 16.7 Å². The number of hydrogen-bond acceptors (Lipinski definition) is 5. The van der Waals surface area contributed by atoms with Crippen molar-refractivity contribution in [2.75, 3.05) is 7.11 Å². The summed E-state index contributed by atoms with van der Waals surface area (Å²) in [6.07, 6.45) is 7.13. The SMILES string of the molecule is COc1cc(CNCc2ccncc2)cc(Br)c1OCc1cccnc1.[Cl-]. The maximum atomic E-state index is 5.93. The van der Waals surface area contributed by atoms with E-state index in [1.807, 2.05) is 36.4 Å². The van der Waals surface area contributed by atoms with Crippen LogP contribution in [-0.4, -0.2) is 17.1 Å². The van der Waals surface area contributed by atoms with Crippen LogP contribution in [0.15, 0.2) is 65.7 Å². The fraction of sp³-hybridized carbons (Fsp3) is 0.200. The van der Waals surface area contributed by atoms with E-state index in [9.17, 15) is 0 Å². The van der Waals surface area contributed by atoms with Gasteiger partial charge in [0, 0.05) is 43.4 Å². The van der Waals surface area contributed by atoms with Gasteiger partial charge >= 0.3 is 0 Å². The van der Waals surface area contributed by atoms with Crippen molar-refractivity contribution in [3.05, 3.63) is 82.3 Å². The van der Waals surface area contributed by atoms with Gasteiger partial charge in [0.1, 0.15) is 6.61 Å². The first-order valence-electron chi connectivity index (χ1n) is 8.24. The summed E-state index contributed by atoms with van der Waals surface area (Å²) in [5, 5.41) is 3.42. The van der Waals surface area contributed by atoms with Crippen LogP contribution in [0.5, 0.6) is 11.5 Å². The Morgan fingerprint density at radius 3 is 2.44 bits per heavy atom. The molecule has 0 fully saturated rings. The fourth-order valence-electron chi connectivity index (χ4n) is 2.51. The van der Waals surface area contributed by atoms with Gasteiger partial charge in [-0.05, 0) is 57.4 Å². The van der Waals surface area contributed by atoms with E-state index in [-0.39, 0.29) is 12.4 Å². The molecule has 0 amide bonds. The predicted molar refractivity (Wildman–Crippen MR) is 104 cm³/mol. The van der Waals surface area contributed by atoms with Gasteiger partial charge in [-0.25, -0.2) is 0 Å². The Hall–Kier alpha value is -2.15. The van der Waals surface area contributed by atoms with Gasteiger partial charge < -0.3 is 27.2 Å². The number of methoxy groups -OCH3 is 1. The van der Waals surface area contributed by atoms with Crippen molar-refractivity contribution in [3.8, 4) is 11.5 Å². The normalized spacial score (nSPS) is 10.1. The molecule has 0 aliphatic heterocycles. The lowest BCUT2D eigenvalue weighted by atomic mass is 10.2. The van der Waals surface area contributed by atoms with Crippen LogP contribution in [0.3, 0.4) is 0 Å². The van der Waals surface area contributed by atoms with Crippen molar-refractivity contribution >= 4 is 15.9 Å². The number of nitrogens with zero attached hydrogens (tertiary/aromatic N) is 2. The summed E-state index contributed by atoms with van der Waals surface area (Å²) in [6.45, 7) is 1.93. The molecule has 0 unspecified atom stereocenters. The van der Waals surface area contributed by atoms with Gasteiger partial charge in [-0.2, -0.15) is 0 Å². The number of aromatic nitrogens is 2. The maximum Gasteiger partial charge on any atom is 0.175 e. The first kappa shape index (κ1) is 21.2. The van der Waals surface area contributed by atoms with Crippen molar-refractivity contribution in [2.45, 2.75) is 19.7 Å². The molecule has 27 heavy (non-hydrogen) atoms. The molecule has 5 nitrogen and oxygen atoms in total. The van der Waals surface area contributed by atoms with Crippen molar-refractivity contribution < 1.29 is 21.9 Å². The minimum absolute atomic E-state index is 0. The van der Waals surface area contributed by atoms with Crippen LogP contribution >= 0.6 is 15.9 Å². The Morgan fingerprint density at radius 1 is 0.963 bits per heavy atom. The standard InChI is InChI=1S/C20H20BrN3O2.ClH/c1-25-19-10-17(13-24-11-15-4-7-22-8-5-15)9-18(21)20(19)26-14-16-3-2-6-23-12-16;/h2-10,12,24H,11,13-14H2,1H3;1H/p-1. The van der Waals surface area contributed by atoms with Crippen molar-refractivity contribution in [1.82, 2.24) is 15.3 Å². The van der Waals surface area contributed by atoms with E-state index in [0.717, 1.165) is 28.7 Å². The summed E-state index contributed by atoms with van der Waals surface area (Å²) in [4.78, 5) is 8.13. The molecule has 2 heterocycles. The number of halogens is 2. The topological polar surface area (TPSA) is 56.3 Å². The third kappa shape index (κ3) is 6.20. The summed E-state index contributed by atoms with van der Waals surface area (Å²) in [5.41, 5.74) is 3.31. The van der Waals surface area contributed by atoms with E-state index in [0.29, 0.717) is 18.1 Å². The van der Waals surface area contributed by atoms with E-state index in [1.165, 1.54) is 5.56 Å². The van der Waals surface area contributed by atoms with E-state index in [4.69, 9.17) is 9.47 Å². The van der Waals surface area contributed by atoms with E-state index >= 15 is 0 Å². The average molecular weight is 450 g/mol. The number of benzene rings is 1. The lowest BCUT2D eigenvalue weighted by molar-refractivity contribution is -0.00000584. The zero-order valence-electron chi connectivity index (χ0n) is 14.9. The first-order chi connectivity index (χ1) is 12.8. The smallest absolute Gasteiger partial charge is 0.175 e. The highest BCUT2D eigenvalue weighted by atomic mass is 79.9. The molecule has 0 aliphatic carbocycles. The molecule has 0 saturated heterocycles. The van der Waals surface area contributed by atoms with Gasteiger partial charge in [0.2, 0.25) is 0 Å². The molecule has 0 atom stereocenters. The second-order valence-electron chi connectivity index (χ2n) is 5.72. The van der Waals surface area contributed by atoms with E-state index < -0.39 is 0 Å². The molecular weight excluding hydrogens is 430 g/mol. The average Bonchev–Trinajstić information content (AvgIpc) is 2.68. The molecule has 3 aromatic rings. The van der Waals surface area contributed by atoms with Crippen molar-refractivity contribution in [2.24, 2.45) is 0 Å². The molecule has 0 aliphatic rings. The molecule has 0 saturated carbocycles. The van der Waals surface area contributed by atoms with Crippen LogP contribution in [0.25, 0.3) is 0 Å². The summed E-state index contributed by atoms with van der Waals surface area (Å²) >= 11 is 3.59. The molecule has 2 aromatic heterocycles. The summed E-state index contributed by atoms with van der Waals surface area (Å²) in [6, 6.07) is 11.9. The van der Waals surface area contributed by atoms with Crippen LogP contribution in [-0.2, 0) is 19.7 Å². The molecule has 0 bridgehead atoms. The summed E-state index contributed by atoms with van der Waals surface area (Å²) in [5.74, 6) is 1.39. The second-order valence-corrected chi connectivity index (χ2v) is 6.57. The number of rotatable bonds is 8. The minimum atomic E-state index is 0. The van der Waals surface area contributed by atoms with Gasteiger partial charge in [-0.1, -0.05) is 6.07 Å². The van der Waals surface area contributed by atoms with Crippen LogP contribution < -0.4 is 27.2 Å². The molecule has 0 spiro atoms. The maximum absolute atomic E-state index is 5.93. The number of pyridine rings is 2. The molecule has 7 heteroatoms. The third-order valence-corrected chi connectivity index (χ3v) is 4.39. The highest BCUT2D eigenvalue weighted by molar-refractivity contribution is 9.10. The van der Waals surface area contributed by atoms with Crippen molar-refractivity contribution in [3.63, 3.8) is 0 Å². The van der Waals surface area contributed by atoms with Gasteiger partial charge in [0.05, 0.1) is 11.6 Å². The minimum Gasteiger partial charge on any atom is -1.00 e. The Kier molecular flexibility index (Phi) is 8.51. The molecule has 1 aromatic carbocycles. The fourth-order valence-corrected chi connectivity index (χ4v) is 3.11. The zero-order valence-corrected chi connectivity index (χ0v) is 17.2. The highest BCUT2D eigenvalue weighted by Gasteiger charge is 2.12.